The fraction of sp³-hybridized carbons (Fsp3) is 0.250. The highest BCUT2D eigenvalue weighted by Crippen LogP contribution is 2.25. The molecule has 150 valence electrons. The van der Waals surface area contributed by atoms with Crippen molar-refractivity contribution in [1.29, 1.82) is 0 Å². The van der Waals surface area contributed by atoms with Crippen molar-refractivity contribution in [2.45, 2.75) is 39.8 Å². The Morgan fingerprint density at radius 3 is 2.40 bits per heavy atom. The van der Waals surface area contributed by atoms with Gasteiger partial charge in [-0.15, -0.1) is 0 Å². The Morgan fingerprint density at radius 2 is 1.67 bits per heavy atom. The zero-order valence-corrected chi connectivity index (χ0v) is 17.2. The zero-order chi connectivity index (χ0) is 20.7. The molecule has 3 heterocycles. The Labute approximate surface area is 173 Å². The van der Waals surface area contributed by atoms with Crippen molar-refractivity contribution in [1.82, 2.24) is 24.1 Å². The van der Waals surface area contributed by atoms with Crippen LogP contribution in [0.15, 0.2) is 59.7 Å². The van der Waals surface area contributed by atoms with Gasteiger partial charge in [-0.1, -0.05) is 55.3 Å². The molecule has 0 aliphatic rings. The van der Waals surface area contributed by atoms with Crippen LogP contribution < -0.4 is 5.56 Å². The highest BCUT2D eigenvalue weighted by Gasteiger charge is 2.19. The third kappa shape index (κ3) is 3.05. The van der Waals surface area contributed by atoms with Gasteiger partial charge in [0.2, 0.25) is 0 Å². The second-order valence-electron chi connectivity index (χ2n) is 7.75. The van der Waals surface area contributed by atoms with Gasteiger partial charge in [-0.25, -0.2) is 15.0 Å². The fourth-order valence-corrected chi connectivity index (χ4v) is 3.87. The predicted molar refractivity (Wildman–Crippen MR) is 120 cm³/mol. The lowest BCUT2D eigenvalue weighted by Gasteiger charge is -2.07. The molecular weight excluding hydrogens is 374 g/mol. The van der Waals surface area contributed by atoms with Gasteiger partial charge in [-0.3, -0.25) is 9.36 Å². The Balaban J connectivity index is 1.76. The van der Waals surface area contributed by atoms with Gasteiger partial charge in [0, 0.05) is 6.54 Å². The molecule has 30 heavy (non-hydrogen) atoms. The highest BCUT2D eigenvalue weighted by molar-refractivity contribution is 6.04. The largest absolute Gasteiger partial charge is 0.308 e. The highest BCUT2D eigenvalue weighted by atomic mass is 16.1. The van der Waals surface area contributed by atoms with Crippen LogP contribution >= 0.6 is 0 Å². The molecule has 0 fully saturated rings. The summed E-state index contributed by atoms with van der Waals surface area (Å²) < 4.78 is 3.71. The molecule has 0 amide bonds. The molecule has 0 saturated carbocycles. The molecule has 0 saturated heterocycles. The Bertz CT molecular complexity index is 1430. The number of aryl methyl sites for hydroxylation is 2. The molecule has 0 radical (unpaired) electrons. The summed E-state index contributed by atoms with van der Waals surface area (Å²) in [6.07, 6.45) is 3.68. The van der Waals surface area contributed by atoms with Gasteiger partial charge < -0.3 is 4.57 Å². The third-order valence-corrected chi connectivity index (χ3v) is 5.53. The summed E-state index contributed by atoms with van der Waals surface area (Å²) in [7, 11) is 0. The second-order valence-corrected chi connectivity index (χ2v) is 7.75. The quantitative estimate of drug-likeness (QED) is 0.439. The standard InChI is InChI=1S/C24H23N5O/c1-3-4-13-29-22-20(21-23(29)27-19-8-6-5-7-18(19)26-21)24(30)28(15-25-22)14-17-11-9-16(2)10-12-17/h5-12,15H,3-4,13-14H2,1-2H3. The molecule has 5 aromatic rings. The lowest BCUT2D eigenvalue weighted by molar-refractivity contribution is 0.654. The SMILES string of the molecule is CCCCn1c2nc3ccccc3nc2c2c(=O)n(Cc3ccc(C)cc3)cnc21. The number of benzene rings is 2. The summed E-state index contributed by atoms with van der Waals surface area (Å²) in [5, 5.41) is 0.550. The number of hydrogen-bond donors (Lipinski definition) is 0. The van der Waals surface area contributed by atoms with Crippen molar-refractivity contribution >= 4 is 33.2 Å². The van der Waals surface area contributed by atoms with Gasteiger partial charge >= 0.3 is 0 Å². The third-order valence-electron chi connectivity index (χ3n) is 5.53. The molecular formula is C24H23N5O. The zero-order valence-electron chi connectivity index (χ0n) is 17.2. The number of rotatable bonds is 5. The maximum absolute atomic E-state index is 13.5. The first-order valence-electron chi connectivity index (χ1n) is 10.4. The first-order valence-corrected chi connectivity index (χ1v) is 10.4. The van der Waals surface area contributed by atoms with Crippen LogP contribution in [0.1, 0.15) is 30.9 Å². The van der Waals surface area contributed by atoms with E-state index in [0.29, 0.717) is 23.1 Å². The molecule has 0 atom stereocenters. The van der Waals surface area contributed by atoms with Gasteiger partial charge in [0.15, 0.2) is 11.3 Å². The summed E-state index contributed by atoms with van der Waals surface area (Å²) in [4.78, 5) is 27.8. The molecule has 0 N–H and O–H groups in total. The average molecular weight is 397 g/mol. The first-order chi connectivity index (χ1) is 14.7. The minimum atomic E-state index is -0.0783. The molecule has 3 aromatic heterocycles. The van der Waals surface area contributed by atoms with Gasteiger partial charge in [0.05, 0.1) is 17.6 Å². The van der Waals surface area contributed by atoms with E-state index in [1.165, 1.54) is 5.56 Å². The molecule has 0 spiro atoms. The topological polar surface area (TPSA) is 65.6 Å². The van der Waals surface area contributed by atoms with Gasteiger partial charge in [-0.2, -0.15) is 0 Å². The molecule has 6 heteroatoms. The molecule has 0 bridgehead atoms. The van der Waals surface area contributed by atoms with Crippen LogP contribution in [0, 0.1) is 6.92 Å². The van der Waals surface area contributed by atoms with Crippen molar-refractivity contribution in [3.05, 3.63) is 76.3 Å². The van der Waals surface area contributed by atoms with Crippen LogP contribution in [-0.2, 0) is 13.1 Å². The van der Waals surface area contributed by atoms with Crippen molar-refractivity contribution < 1.29 is 0 Å². The van der Waals surface area contributed by atoms with Crippen molar-refractivity contribution in [2.75, 3.05) is 0 Å². The summed E-state index contributed by atoms with van der Waals surface area (Å²) in [5.41, 5.74) is 5.82. The van der Waals surface area contributed by atoms with Crippen molar-refractivity contribution in [2.24, 2.45) is 0 Å². The number of para-hydroxylation sites is 2. The van der Waals surface area contributed by atoms with Crippen molar-refractivity contribution in [3.8, 4) is 0 Å². The molecule has 2 aromatic carbocycles. The molecule has 5 rings (SSSR count). The van der Waals surface area contributed by atoms with Crippen LogP contribution in [0.4, 0.5) is 0 Å². The van der Waals surface area contributed by atoms with E-state index in [0.717, 1.165) is 41.6 Å². The average Bonchev–Trinajstić information content (AvgIpc) is 3.07. The monoisotopic (exact) mass is 397 g/mol. The number of fused-ring (bicyclic) bond motifs is 4. The Hall–Kier alpha value is -3.54. The maximum Gasteiger partial charge on any atom is 0.265 e. The van der Waals surface area contributed by atoms with Crippen LogP contribution in [0.5, 0.6) is 0 Å². The Morgan fingerprint density at radius 1 is 0.933 bits per heavy atom. The van der Waals surface area contributed by atoms with E-state index < -0.39 is 0 Å². The van der Waals surface area contributed by atoms with Crippen LogP contribution in [-0.4, -0.2) is 24.1 Å². The summed E-state index contributed by atoms with van der Waals surface area (Å²) in [5.74, 6) is 0. The fourth-order valence-electron chi connectivity index (χ4n) is 3.87. The van der Waals surface area contributed by atoms with E-state index in [9.17, 15) is 4.79 Å². The Kier molecular flexibility index (Phi) is 4.54. The smallest absolute Gasteiger partial charge is 0.265 e. The van der Waals surface area contributed by atoms with Crippen molar-refractivity contribution in [3.63, 3.8) is 0 Å². The van der Waals surface area contributed by atoms with E-state index in [2.05, 4.69) is 31.0 Å². The molecule has 0 aliphatic carbocycles. The van der Waals surface area contributed by atoms with E-state index >= 15 is 0 Å². The predicted octanol–water partition coefficient (Wildman–Crippen LogP) is 4.45. The molecule has 0 unspecified atom stereocenters. The first kappa shape index (κ1) is 18.5. The molecule has 6 nitrogen and oxygen atoms in total. The van der Waals surface area contributed by atoms with Gasteiger partial charge in [0.1, 0.15) is 17.2 Å². The minimum Gasteiger partial charge on any atom is -0.308 e. The summed E-state index contributed by atoms with van der Waals surface area (Å²) in [6.45, 7) is 5.44. The van der Waals surface area contributed by atoms with E-state index in [-0.39, 0.29) is 5.56 Å². The minimum absolute atomic E-state index is 0.0783. The normalized spacial score (nSPS) is 11.7. The van der Waals surface area contributed by atoms with E-state index in [4.69, 9.17) is 9.97 Å². The van der Waals surface area contributed by atoms with Crippen LogP contribution in [0.25, 0.3) is 33.2 Å². The van der Waals surface area contributed by atoms with Crippen LogP contribution in [0.2, 0.25) is 0 Å². The molecule has 0 aliphatic heterocycles. The maximum atomic E-state index is 13.5. The number of hydrogen-bond acceptors (Lipinski definition) is 4. The van der Waals surface area contributed by atoms with E-state index in [1.807, 2.05) is 41.0 Å². The van der Waals surface area contributed by atoms with Gasteiger partial charge in [-0.05, 0) is 31.0 Å². The summed E-state index contributed by atoms with van der Waals surface area (Å²) >= 11 is 0. The number of nitrogens with zero attached hydrogens (tertiary/aromatic N) is 5. The lowest BCUT2D eigenvalue weighted by atomic mass is 10.1. The second kappa shape index (κ2) is 7.37. The number of aromatic nitrogens is 5. The number of unbranched alkanes of at least 4 members (excludes halogenated alkanes) is 1. The lowest BCUT2D eigenvalue weighted by Crippen LogP contribution is -2.21. The van der Waals surface area contributed by atoms with Gasteiger partial charge in [0.25, 0.3) is 5.56 Å². The summed E-state index contributed by atoms with van der Waals surface area (Å²) in [6, 6.07) is 16.0. The van der Waals surface area contributed by atoms with Crippen LogP contribution in [0.3, 0.4) is 0 Å². The van der Waals surface area contributed by atoms with E-state index in [1.54, 1.807) is 10.9 Å².